The van der Waals surface area contributed by atoms with Crippen LogP contribution in [0.5, 0.6) is 0 Å². The first-order chi connectivity index (χ1) is 9.82. The van der Waals surface area contributed by atoms with Crippen LogP contribution >= 0.6 is 7.56 Å². The molecule has 3 heteroatoms. The molecule has 2 heterocycles. The maximum absolute atomic E-state index is 3.03. The van der Waals surface area contributed by atoms with Gasteiger partial charge in [-0.25, -0.2) is 0 Å². The summed E-state index contributed by atoms with van der Waals surface area (Å²) in [5.74, 6) is 0. The average molecular weight is 298 g/mol. The number of hydrogen-bond acceptors (Lipinski definition) is 2. The van der Waals surface area contributed by atoms with Crippen molar-refractivity contribution in [3.05, 3.63) is 0 Å². The summed E-state index contributed by atoms with van der Waals surface area (Å²) in [5, 5.41) is 0. The second kappa shape index (κ2) is 7.07. The Balaban J connectivity index is 1.79. The van der Waals surface area contributed by atoms with Crippen LogP contribution in [0.15, 0.2) is 0 Å². The fourth-order valence-electron chi connectivity index (χ4n) is 5.06. The quantitative estimate of drug-likeness (QED) is 0.708. The SMILES string of the molecule is C[PH](C1CCCCC1)(N1CCCCC1)N1CCCCC1. The number of hydrogen-bond donors (Lipinski definition) is 0. The van der Waals surface area contributed by atoms with Crippen LogP contribution in [0.25, 0.3) is 0 Å². The van der Waals surface area contributed by atoms with Gasteiger partial charge in [0.25, 0.3) is 0 Å². The van der Waals surface area contributed by atoms with Crippen molar-refractivity contribution < 1.29 is 0 Å². The zero-order chi connectivity index (χ0) is 13.8. The van der Waals surface area contributed by atoms with Crippen LogP contribution in [0.2, 0.25) is 0 Å². The molecule has 0 aromatic heterocycles. The Morgan fingerprint density at radius 3 is 1.45 bits per heavy atom. The fraction of sp³-hybridized carbons (Fsp3) is 1.00. The van der Waals surface area contributed by atoms with Crippen LogP contribution in [0.4, 0.5) is 0 Å². The van der Waals surface area contributed by atoms with Gasteiger partial charge in [-0.05, 0) is 0 Å². The standard InChI is InChI=1S/C17H35N2P/c1-20(17-11-5-2-6-12-17,18-13-7-3-8-14-18)19-15-9-4-10-16-19/h17,20H,2-16H2,1H3. The van der Waals surface area contributed by atoms with E-state index in [9.17, 15) is 0 Å². The van der Waals surface area contributed by atoms with E-state index in [1.54, 1.807) is 0 Å². The molecule has 3 fully saturated rings. The molecule has 118 valence electrons. The van der Waals surface area contributed by atoms with Gasteiger partial charge < -0.3 is 0 Å². The van der Waals surface area contributed by atoms with E-state index < -0.39 is 7.56 Å². The van der Waals surface area contributed by atoms with Crippen molar-refractivity contribution in [2.24, 2.45) is 0 Å². The first-order valence-electron chi connectivity index (χ1n) is 9.32. The number of rotatable bonds is 3. The van der Waals surface area contributed by atoms with E-state index in [-0.39, 0.29) is 0 Å². The molecule has 0 aromatic carbocycles. The van der Waals surface area contributed by atoms with Gasteiger partial charge in [-0.2, -0.15) is 0 Å². The van der Waals surface area contributed by atoms with Gasteiger partial charge in [0.2, 0.25) is 0 Å². The van der Waals surface area contributed by atoms with E-state index in [4.69, 9.17) is 0 Å². The van der Waals surface area contributed by atoms with Gasteiger partial charge in [0, 0.05) is 0 Å². The molecule has 2 aliphatic heterocycles. The molecule has 0 radical (unpaired) electrons. The van der Waals surface area contributed by atoms with Gasteiger partial charge in [0.05, 0.1) is 0 Å². The molecule has 2 nitrogen and oxygen atoms in total. The Hall–Kier alpha value is 0.350. The van der Waals surface area contributed by atoms with Gasteiger partial charge in [-0.15, -0.1) is 0 Å². The molecule has 1 saturated carbocycles. The van der Waals surface area contributed by atoms with Crippen molar-refractivity contribution in [3.8, 4) is 0 Å². The molecule has 0 atom stereocenters. The zero-order valence-electron chi connectivity index (χ0n) is 13.6. The summed E-state index contributed by atoms with van der Waals surface area (Å²) in [6.45, 7) is 8.40. The van der Waals surface area contributed by atoms with Gasteiger partial charge >= 0.3 is 126 Å². The predicted molar refractivity (Wildman–Crippen MR) is 92.0 cm³/mol. The number of piperidine rings is 2. The minimum atomic E-state index is -1.38. The van der Waals surface area contributed by atoms with Gasteiger partial charge in [0.1, 0.15) is 0 Å². The summed E-state index contributed by atoms with van der Waals surface area (Å²) in [4.78, 5) is 0. The van der Waals surface area contributed by atoms with Gasteiger partial charge in [-0.1, -0.05) is 0 Å². The average Bonchev–Trinajstić information content (AvgIpc) is 2.56. The Morgan fingerprint density at radius 1 is 0.600 bits per heavy atom. The zero-order valence-corrected chi connectivity index (χ0v) is 14.6. The molecule has 3 aliphatic rings. The maximum atomic E-state index is 3.03. The van der Waals surface area contributed by atoms with Crippen LogP contribution in [-0.2, 0) is 0 Å². The molecule has 0 N–H and O–H groups in total. The second-order valence-electron chi connectivity index (χ2n) is 7.52. The van der Waals surface area contributed by atoms with Crippen LogP contribution in [0, 0.1) is 0 Å². The Bertz CT molecular complexity index is 244. The van der Waals surface area contributed by atoms with Gasteiger partial charge in [-0.3, -0.25) is 0 Å². The van der Waals surface area contributed by atoms with E-state index in [2.05, 4.69) is 16.0 Å². The van der Waals surface area contributed by atoms with Crippen molar-refractivity contribution in [1.29, 1.82) is 0 Å². The molecule has 0 bridgehead atoms. The summed E-state index contributed by atoms with van der Waals surface area (Å²) in [6, 6.07) is 0. The molecular formula is C17H35N2P. The summed E-state index contributed by atoms with van der Waals surface area (Å²) in [7, 11) is -1.38. The molecule has 20 heavy (non-hydrogen) atoms. The first-order valence-corrected chi connectivity index (χ1v) is 11.8. The summed E-state index contributed by atoms with van der Waals surface area (Å²) in [6.07, 6.45) is 16.4. The summed E-state index contributed by atoms with van der Waals surface area (Å²) in [5.41, 5.74) is 1.06. The molecule has 3 rings (SSSR count). The van der Waals surface area contributed by atoms with Crippen molar-refractivity contribution in [3.63, 3.8) is 0 Å². The number of nitrogens with zero attached hydrogens (tertiary/aromatic N) is 2. The van der Waals surface area contributed by atoms with E-state index in [1.807, 2.05) is 0 Å². The van der Waals surface area contributed by atoms with Crippen molar-refractivity contribution in [2.45, 2.75) is 76.3 Å². The van der Waals surface area contributed by atoms with Crippen LogP contribution in [-0.4, -0.2) is 47.8 Å². The molecule has 1 aliphatic carbocycles. The normalized spacial score (nSPS) is 29.4. The van der Waals surface area contributed by atoms with Crippen LogP contribution < -0.4 is 0 Å². The van der Waals surface area contributed by atoms with Crippen molar-refractivity contribution in [1.82, 2.24) is 9.34 Å². The Labute approximate surface area is 126 Å². The second-order valence-corrected chi connectivity index (χ2v) is 11.8. The predicted octanol–water partition coefficient (Wildman–Crippen LogP) is 4.50. The third-order valence-corrected chi connectivity index (χ3v) is 12.0. The van der Waals surface area contributed by atoms with E-state index in [1.165, 1.54) is 96.8 Å². The molecule has 0 aromatic rings. The van der Waals surface area contributed by atoms with Crippen molar-refractivity contribution >= 4 is 7.56 Å². The molecule has 0 unspecified atom stereocenters. The fourth-order valence-corrected chi connectivity index (χ4v) is 10.4. The molecule has 0 amide bonds. The molecule has 0 spiro atoms. The Morgan fingerprint density at radius 2 is 1.00 bits per heavy atom. The van der Waals surface area contributed by atoms with Crippen LogP contribution in [0.3, 0.4) is 0 Å². The monoisotopic (exact) mass is 298 g/mol. The van der Waals surface area contributed by atoms with Gasteiger partial charge in [0.15, 0.2) is 0 Å². The topological polar surface area (TPSA) is 6.48 Å². The summed E-state index contributed by atoms with van der Waals surface area (Å²) >= 11 is 0. The molecule has 2 saturated heterocycles. The molecular weight excluding hydrogens is 263 g/mol. The van der Waals surface area contributed by atoms with E-state index >= 15 is 0 Å². The minimum absolute atomic E-state index is 1.06. The van der Waals surface area contributed by atoms with E-state index in [0.29, 0.717) is 0 Å². The summed E-state index contributed by atoms with van der Waals surface area (Å²) < 4.78 is 6.05. The van der Waals surface area contributed by atoms with Crippen LogP contribution in [0.1, 0.15) is 70.6 Å². The van der Waals surface area contributed by atoms with E-state index in [0.717, 1.165) is 5.66 Å². The third kappa shape index (κ3) is 3.08. The van der Waals surface area contributed by atoms with Crippen molar-refractivity contribution in [2.75, 3.05) is 32.8 Å². The Kier molecular flexibility index (Phi) is 5.39. The third-order valence-electron chi connectivity index (χ3n) is 6.37. The first kappa shape index (κ1) is 15.3.